The van der Waals surface area contributed by atoms with E-state index in [0.717, 1.165) is 44.9 Å². The van der Waals surface area contributed by atoms with Crippen molar-refractivity contribution in [1.29, 1.82) is 0 Å². The van der Waals surface area contributed by atoms with Gasteiger partial charge in [-0.3, -0.25) is 0 Å². The number of fused-ring (bicyclic) bond motifs is 22. The third-order valence-electron chi connectivity index (χ3n) is 19.8. The predicted octanol–water partition coefficient (Wildman–Crippen LogP) is 18.1. The predicted molar refractivity (Wildman–Crippen MR) is 313 cm³/mol. The van der Waals surface area contributed by atoms with Crippen LogP contribution >= 0.6 is 0 Å². The Labute approximate surface area is 447 Å². The van der Waals surface area contributed by atoms with Crippen LogP contribution in [0.5, 0.6) is 0 Å². The molecule has 0 N–H and O–H groups in total. The fourth-order valence-corrected chi connectivity index (χ4v) is 17.2. The Balaban J connectivity index is 0.939. The maximum absolute atomic E-state index is 2.69. The molecule has 1 fully saturated rings. The van der Waals surface area contributed by atoms with Crippen LogP contribution in [0.15, 0.2) is 276 Å². The summed E-state index contributed by atoms with van der Waals surface area (Å²) in [5.41, 5.74) is 29.8. The minimum Gasteiger partial charge on any atom is -0.311 e. The first kappa shape index (κ1) is 43.0. The highest BCUT2D eigenvalue weighted by Crippen LogP contribution is 2.69. The molecule has 0 radical (unpaired) electrons. The molecule has 7 aromatic rings. The van der Waals surface area contributed by atoms with Crippen molar-refractivity contribution >= 4 is 16.9 Å². The Hall–Kier alpha value is -8.26. The van der Waals surface area contributed by atoms with Gasteiger partial charge in [-0.05, 0) is 187 Å². The molecule has 0 heterocycles. The van der Waals surface area contributed by atoms with E-state index in [0.29, 0.717) is 5.92 Å². The van der Waals surface area contributed by atoms with Gasteiger partial charge in [-0.25, -0.2) is 0 Å². The summed E-state index contributed by atoms with van der Waals surface area (Å²) in [7, 11) is 0. The van der Waals surface area contributed by atoms with Crippen molar-refractivity contribution in [2.75, 3.05) is 4.90 Å². The van der Waals surface area contributed by atoms with E-state index in [1.807, 2.05) is 0 Å². The zero-order valence-electron chi connectivity index (χ0n) is 42.7. The molecule has 7 aromatic carbocycles. The highest BCUT2D eigenvalue weighted by Gasteiger charge is 2.58. The summed E-state index contributed by atoms with van der Waals surface area (Å²) < 4.78 is 0. The fourth-order valence-electron chi connectivity index (χ4n) is 17.2. The second kappa shape index (κ2) is 15.9. The first-order chi connectivity index (χ1) is 37.7. The van der Waals surface area contributed by atoms with Crippen molar-refractivity contribution in [3.63, 3.8) is 0 Å². The summed E-state index contributed by atoms with van der Waals surface area (Å²) in [5.74, 6) is 0.906. The molecule has 17 rings (SSSR count). The summed E-state index contributed by atoms with van der Waals surface area (Å²) in [6.45, 7) is 0. The van der Waals surface area contributed by atoms with Crippen molar-refractivity contribution in [3.05, 3.63) is 326 Å². The number of anilines is 2. The van der Waals surface area contributed by atoms with Crippen LogP contribution in [0.3, 0.4) is 0 Å². The number of rotatable bonds is 5. The molecule has 6 atom stereocenters. The molecular weight excluding hydrogens is 915 g/mol. The summed E-state index contributed by atoms with van der Waals surface area (Å²) in [6, 6.07) is 64.2. The molecule has 0 aliphatic heterocycles. The van der Waals surface area contributed by atoms with Crippen LogP contribution in [0.25, 0.3) is 27.8 Å². The van der Waals surface area contributed by atoms with Crippen molar-refractivity contribution in [2.45, 2.75) is 67.1 Å². The quantitative estimate of drug-likeness (QED) is 0.166. The lowest BCUT2D eigenvalue weighted by Gasteiger charge is -2.42. The molecule has 2 spiro atoms. The van der Waals surface area contributed by atoms with Gasteiger partial charge in [0.25, 0.3) is 0 Å². The highest BCUT2D eigenvalue weighted by molar-refractivity contribution is 5.98. The summed E-state index contributed by atoms with van der Waals surface area (Å²) in [4.78, 5) is 2.69. The van der Waals surface area contributed by atoms with E-state index < -0.39 is 5.41 Å². The van der Waals surface area contributed by atoms with Gasteiger partial charge < -0.3 is 4.90 Å². The Morgan fingerprint density at radius 2 is 1.11 bits per heavy atom. The second-order valence-electron chi connectivity index (χ2n) is 22.9. The molecule has 0 bridgehead atoms. The first-order valence-corrected chi connectivity index (χ1v) is 28.2. The molecule has 1 saturated carbocycles. The number of benzene rings is 7. The van der Waals surface area contributed by atoms with Crippen molar-refractivity contribution in [1.82, 2.24) is 0 Å². The first-order valence-electron chi connectivity index (χ1n) is 28.2. The smallest absolute Gasteiger partial charge is 0.0722 e. The van der Waals surface area contributed by atoms with Crippen LogP contribution in [0.2, 0.25) is 0 Å². The lowest BCUT2D eigenvalue weighted by molar-refractivity contribution is 0.439. The van der Waals surface area contributed by atoms with Crippen LogP contribution in [-0.4, -0.2) is 0 Å². The van der Waals surface area contributed by atoms with Crippen molar-refractivity contribution in [3.8, 4) is 22.3 Å². The number of hydrogen-bond acceptors (Lipinski definition) is 1. The Bertz CT molecular complexity index is 4060. The topological polar surface area (TPSA) is 3.24 Å². The molecule has 10 aliphatic carbocycles. The number of allylic oxidation sites excluding steroid dienone is 19. The van der Waals surface area contributed by atoms with Crippen LogP contribution in [0.1, 0.15) is 101 Å². The Morgan fingerprint density at radius 1 is 0.461 bits per heavy atom. The van der Waals surface area contributed by atoms with Crippen LogP contribution < -0.4 is 4.90 Å². The van der Waals surface area contributed by atoms with Gasteiger partial charge in [-0.15, -0.1) is 0 Å². The molecule has 0 saturated heterocycles. The van der Waals surface area contributed by atoms with Crippen molar-refractivity contribution < 1.29 is 0 Å². The van der Waals surface area contributed by atoms with Gasteiger partial charge in [0.2, 0.25) is 0 Å². The minimum atomic E-state index is -0.420. The molecule has 1 heteroatoms. The third kappa shape index (κ3) is 5.31. The normalized spacial score (nSPS) is 26.7. The molecule has 6 unspecified atom stereocenters. The van der Waals surface area contributed by atoms with E-state index in [2.05, 4.69) is 248 Å². The standard InChI is InChI=1S/C75H57N/c1-3-21-48(22-4-1)73(49-23-5-2-6-24-49)63-32-14-7-29-57(63)60-42-39-50(45-70(60)73)76(51-40-43-61-58-30-12-19-37-68(58)74(71(61)46-51)64-33-15-8-25-53(64)54-26-9-16-34-65(54)74)52-41-44-62-59-31-13-20-38-69(59)75(72(62)47-52)66-35-17-10-27-55(66)56-28-11-18-36-67(56)75/h1-8,10,12-17,19-23,25,28-41,43-47,49,55,60H,9,11,18,24,26-27,42H2. The number of hydrogen-bond donors (Lipinski definition) is 0. The van der Waals surface area contributed by atoms with Gasteiger partial charge in [-0.2, -0.15) is 0 Å². The SMILES string of the molecule is C1=CCC2C3=CCCC=C3C3(C2=C1)c1ccccc1-c1ccc(N(C2=CCC4C(=C2)C(c2ccccc2)(C2C=CC=CC2)c2ccccc24)c2ccc4c(c2)C2(C5=C(CCC=C5)c5ccccc52)c2ccccc2-4)cc13. The molecular formula is C75H57N. The zero-order valence-corrected chi connectivity index (χ0v) is 42.7. The van der Waals surface area contributed by atoms with E-state index in [1.165, 1.54) is 112 Å². The van der Waals surface area contributed by atoms with E-state index in [1.54, 1.807) is 11.1 Å². The fraction of sp³-hybridized carbons (Fsp3) is 0.173. The average molecular weight is 972 g/mol. The van der Waals surface area contributed by atoms with Crippen LogP contribution in [0.4, 0.5) is 11.4 Å². The van der Waals surface area contributed by atoms with E-state index in [-0.39, 0.29) is 22.7 Å². The average Bonchev–Trinajstić information content (AvgIpc) is 4.29. The lowest BCUT2D eigenvalue weighted by atomic mass is 9.61. The van der Waals surface area contributed by atoms with Crippen molar-refractivity contribution in [2.24, 2.45) is 11.8 Å². The van der Waals surface area contributed by atoms with Gasteiger partial charge >= 0.3 is 0 Å². The maximum Gasteiger partial charge on any atom is 0.0722 e. The Morgan fingerprint density at radius 3 is 1.87 bits per heavy atom. The third-order valence-corrected chi connectivity index (χ3v) is 19.8. The monoisotopic (exact) mass is 971 g/mol. The van der Waals surface area contributed by atoms with Gasteiger partial charge in [0.05, 0.1) is 10.8 Å². The Kier molecular flexibility index (Phi) is 8.99. The summed E-state index contributed by atoms with van der Waals surface area (Å²) in [6.07, 6.45) is 39.4. The molecule has 1 nitrogen and oxygen atoms in total. The largest absolute Gasteiger partial charge is 0.311 e. The van der Waals surface area contributed by atoms with E-state index >= 15 is 0 Å². The van der Waals surface area contributed by atoms with Gasteiger partial charge in [0, 0.05) is 34.3 Å². The molecule has 0 aromatic heterocycles. The minimum absolute atomic E-state index is 0.259. The van der Waals surface area contributed by atoms with Gasteiger partial charge in [0.1, 0.15) is 0 Å². The molecule has 362 valence electrons. The molecule has 0 amide bonds. The van der Waals surface area contributed by atoms with Gasteiger partial charge in [0.15, 0.2) is 0 Å². The van der Waals surface area contributed by atoms with Crippen LogP contribution in [-0.2, 0) is 16.2 Å². The van der Waals surface area contributed by atoms with E-state index in [4.69, 9.17) is 0 Å². The lowest BCUT2D eigenvalue weighted by Crippen LogP contribution is -2.37. The summed E-state index contributed by atoms with van der Waals surface area (Å²) in [5, 5.41) is 0. The summed E-state index contributed by atoms with van der Waals surface area (Å²) >= 11 is 0. The highest BCUT2D eigenvalue weighted by atomic mass is 15.1. The second-order valence-corrected chi connectivity index (χ2v) is 22.9. The number of nitrogens with zero attached hydrogens (tertiary/aromatic N) is 1. The van der Waals surface area contributed by atoms with Gasteiger partial charge in [-0.1, -0.05) is 212 Å². The molecule has 76 heavy (non-hydrogen) atoms. The molecule has 10 aliphatic rings. The van der Waals surface area contributed by atoms with E-state index in [9.17, 15) is 0 Å². The van der Waals surface area contributed by atoms with Crippen LogP contribution in [0, 0.1) is 11.8 Å². The maximum atomic E-state index is 2.69. The zero-order chi connectivity index (χ0) is 49.7.